The molecular formula is C25H57NO. The van der Waals surface area contributed by atoms with E-state index in [9.17, 15) is 0 Å². The van der Waals surface area contributed by atoms with Gasteiger partial charge in [0, 0.05) is 6.61 Å². The van der Waals surface area contributed by atoms with Crippen molar-refractivity contribution < 1.29 is 5.11 Å². The molecule has 0 aliphatic carbocycles. The molecule has 0 fully saturated rings. The molecule has 2 heteroatoms. The number of aliphatic hydroxyl groups is 1. The maximum atomic E-state index is 8.07. The Morgan fingerprint density at radius 3 is 1.11 bits per heavy atom. The molecule has 168 valence electrons. The van der Waals surface area contributed by atoms with Gasteiger partial charge in [-0.15, -0.1) is 0 Å². The van der Waals surface area contributed by atoms with Gasteiger partial charge >= 0.3 is 0 Å². The summed E-state index contributed by atoms with van der Waals surface area (Å²) in [6.45, 7) is 17.3. The molecule has 0 atom stereocenters. The van der Waals surface area contributed by atoms with Gasteiger partial charge in [-0.3, -0.25) is 0 Å². The molecular weight excluding hydrogens is 330 g/mol. The van der Waals surface area contributed by atoms with Crippen LogP contribution in [0.4, 0.5) is 0 Å². The quantitative estimate of drug-likeness (QED) is 0.239. The van der Waals surface area contributed by atoms with E-state index in [1.807, 2.05) is 13.8 Å². The summed E-state index contributed by atoms with van der Waals surface area (Å²) in [6, 6.07) is 0. The van der Waals surface area contributed by atoms with E-state index in [0.29, 0.717) is 6.61 Å². The van der Waals surface area contributed by atoms with E-state index in [1.165, 1.54) is 103 Å². The molecule has 0 aliphatic rings. The molecule has 2 nitrogen and oxygen atoms in total. The van der Waals surface area contributed by atoms with Gasteiger partial charge in [0.25, 0.3) is 0 Å². The first-order chi connectivity index (χ1) is 13.3. The summed E-state index contributed by atoms with van der Waals surface area (Å²) in [4.78, 5) is 2.70. The van der Waals surface area contributed by atoms with Crippen LogP contribution >= 0.6 is 0 Å². The van der Waals surface area contributed by atoms with Gasteiger partial charge in [-0.25, -0.2) is 0 Å². The number of unbranched alkanes of at least 4 members (excludes halogenated alkanes) is 11. The second-order valence-corrected chi connectivity index (χ2v) is 7.45. The molecule has 0 aliphatic heterocycles. The Morgan fingerprint density at radius 1 is 0.444 bits per heavy atom. The maximum absolute atomic E-state index is 8.07. The van der Waals surface area contributed by atoms with Crippen LogP contribution in [0.3, 0.4) is 0 Å². The predicted octanol–water partition coefficient (Wildman–Crippen LogP) is 8.22. The molecule has 0 heterocycles. The molecule has 27 heavy (non-hydrogen) atoms. The van der Waals surface area contributed by atoms with Crippen LogP contribution in [-0.4, -0.2) is 36.2 Å². The fraction of sp³-hybridized carbons (Fsp3) is 1.00. The van der Waals surface area contributed by atoms with E-state index >= 15 is 0 Å². The van der Waals surface area contributed by atoms with Gasteiger partial charge in [-0.05, 0) is 45.3 Å². The number of rotatable bonds is 18. The lowest BCUT2D eigenvalue weighted by molar-refractivity contribution is 0.259. The van der Waals surface area contributed by atoms with E-state index in [4.69, 9.17) is 5.11 Å². The van der Waals surface area contributed by atoms with Gasteiger partial charge in [-0.1, -0.05) is 112 Å². The van der Waals surface area contributed by atoms with E-state index in [-0.39, 0.29) is 0 Å². The average molecular weight is 388 g/mol. The lowest BCUT2D eigenvalue weighted by atomic mass is 10.1. The molecule has 0 spiro atoms. The number of nitrogens with zero attached hydrogens (tertiary/aromatic N) is 1. The molecule has 0 saturated carbocycles. The highest BCUT2D eigenvalue weighted by atomic mass is 16.2. The van der Waals surface area contributed by atoms with Crippen molar-refractivity contribution in [2.45, 2.75) is 138 Å². The number of aliphatic hydroxyl groups excluding tert-OH is 1. The normalized spacial score (nSPS) is 10.2. The second-order valence-electron chi connectivity index (χ2n) is 7.45. The van der Waals surface area contributed by atoms with Gasteiger partial charge < -0.3 is 10.0 Å². The van der Waals surface area contributed by atoms with E-state index in [0.717, 1.165) is 12.8 Å². The fourth-order valence-corrected chi connectivity index (χ4v) is 2.90. The Labute approximate surface area is 174 Å². The third kappa shape index (κ3) is 33.9. The maximum Gasteiger partial charge on any atom is 0.0430 e. The third-order valence-corrected chi connectivity index (χ3v) is 4.75. The Hall–Kier alpha value is -0.0800. The minimum atomic E-state index is 0.344. The summed E-state index contributed by atoms with van der Waals surface area (Å²) in [5.74, 6) is 0. The zero-order chi connectivity index (χ0) is 21.0. The number of hydrogen-bond donors (Lipinski definition) is 1. The Kier molecular flexibility index (Phi) is 39.2. The zero-order valence-electron chi connectivity index (χ0n) is 20.3. The van der Waals surface area contributed by atoms with Gasteiger partial charge in [0.1, 0.15) is 0 Å². The van der Waals surface area contributed by atoms with Crippen molar-refractivity contribution in [3.05, 3.63) is 0 Å². The minimum absolute atomic E-state index is 0.344. The highest BCUT2D eigenvalue weighted by Gasteiger charge is 2.03. The van der Waals surface area contributed by atoms with E-state index < -0.39 is 0 Å². The van der Waals surface area contributed by atoms with E-state index in [1.54, 1.807) is 0 Å². The van der Waals surface area contributed by atoms with Crippen molar-refractivity contribution in [2.24, 2.45) is 0 Å². The van der Waals surface area contributed by atoms with Crippen LogP contribution in [0.5, 0.6) is 0 Å². The van der Waals surface area contributed by atoms with Crippen LogP contribution in [-0.2, 0) is 0 Å². The highest BCUT2D eigenvalue weighted by molar-refractivity contribution is 4.58. The summed E-state index contributed by atoms with van der Waals surface area (Å²) >= 11 is 0. The molecule has 0 amide bonds. The largest absolute Gasteiger partial charge is 0.396 e. The van der Waals surface area contributed by atoms with Crippen molar-refractivity contribution in [3.63, 3.8) is 0 Å². The first kappa shape index (κ1) is 31.6. The number of hydrogen-bond acceptors (Lipinski definition) is 2. The first-order valence-corrected chi connectivity index (χ1v) is 12.6. The SMILES string of the molecule is CC.CCCCCCCCCCCN(CCCC)CCCC.CCCCO. The lowest BCUT2D eigenvalue weighted by Gasteiger charge is -2.21. The van der Waals surface area contributed by atoms with Gasteiger partial charge in [0.2, 0.25) is 0 Å². The van der Waals surface area contributed by atoms with Crippen LogP contribution in [0.15, 0.2) is 0 Å². The van der Waals surface area contributed by atoms with Gasteiger partial charge in [-0.2, -0.15) is 0 Å². The van der Waals surface area contributed by atoms with Crippen LogP contribution in [0.2, 0.25) is 0 Å². The zero-order valence-corrected chi connectivity index (χ0v) is 20.3. The fourth-order valence-electron chi connectivity index (χ4n) is 2.90. The smallest absolute Gasteiger partial charge is 0.0430 e. The van der Waals surface area contributed by atoms with Gasteiger partial charge in [0.05, 0.1) is 0 Å². The molecule has 0 saturated heterocycles. The van der Waals surface area contributed by atoms with Crippen molar-refractivity contribution in [3.8, 4) is 0 Å². The summed E-state index contributed by atoms with van der Waals surface area (Å²) in [5, 5.41) is 8.07. The Morgan fingerprint density at radius 2 is 0.778 bits per heavy atom. The van der Waals surface area contributed by atoms with Crippen LogP contribution in [0.1, 0.15) is 138 Å². The molecule has 0 radical (unpaired) electrons. The lowest BCUT2D eigenvalue weighted by Crippen LogP contribution is -2.27. The summed E-state index contributed by atoms with van der Waals surface area (Å²) < 4.78 is 0. The summed E-state index contributed by atoms with van der Waals surface area (Å²) in [6.07, 6.45) is 20.4. The molecule has 0 aromatic carbocycles. The highest BCUT2D eigenvalue weighted by Crippen LogP contribution is 2.10. The van der Waals surface area contributed by atoms with Crippen molar-refractivity contribution in [1.82, 2.24) is 4.90 Å². The molecule has 1 N–H and O–H groups in total. The van der Waals surface area contributed by atoms with Crippen LogP contribution in [0, 0.1) is 0 Å². The van der Waals surface area contributed by atoms with E-state index in [2.05, 4.69) is 32.6 Å². The van der Waals surface area contributed by atoms with Crippen molar-refractivity contribution >= 4 is 0 Å². The van der Waals surface area contributed by atoms with Crippen molar-refractivity contribution in [2.75, 3.05) is 26.2 Å². The second kappa shape index (κ2) is 33.5. The molecule has 0 aromatic rings. The van der Waals surface area contributed by atoms with Crippen molar-refractivity contribution in [1.29, 1.82) is 0 Å². The molecule has 0 aromatic heterocycles. The molecule has 0 bridgehead atoms. The van der Waals surface area contributed by atoms with Crippen LogP contribution in [0.25, 0.3) is 0 Å². The first-order valence-electron chi connectivity index (χ1n) is 12.6. The molecule has 0 rings (SSSR count). The average Bonchev–Trinajstić information content (AvgIpc) is 2.70. The summed E-state index contributed by atoms with van der Waals surface area (Å²) in [5.41, 5.74) is 0. The third-order valence-electron chi connectivity index (χ3n) is 4.75. The van der Waals surface area contributed by atoms with Crippen LogP contribution < -0.4 is 0 Å². The minimum Gasteiger partial charge on any atom is -0.396 e. The topological polar surface area (TPSA) is 23.5 Å². The predicted molar refractivity (Wildman–Crippen MR) is 127 cm³/mol. The monoisotopic (exact) mass is 387 g/mol. The Balaban J connectivity index is -0.000000705. The van der Waals surface area contributed by atoms with Gasteiger partial charge in [0.15, 0.2) is 0 Å². The molecule has 0 unspecified atom stereocenters. The Bertz CT molecular complexity index is 199. The summed E-state index contributed by atoms with van der Waals surface area (Å²) in [7, 11) is 0. The standard InChI is InChI=1S/C19H41N.C4H10O.C2H6/c1-4-7-10-11-12-13-14-15-16-19-20(17-8-5-2)18-9-6-3;1-2-3-4-5;1-2/h4-19H2,1-3H3;5H,2-4H2,1H3;1-2H3.